The molecule has 0 bridgehead atoms. The molecule has 2 atom stereocenters. The molecule has 6 nitrogen and oxygen atoms in total. The number of esters is 2. The summed E-state index contributed by atoms with van der Waals surface area (Å²) in [6, 6.07) is 0. The number of carbonyl (C=O) groups is 4. The molecule has 0 fully saturated rings. The van der Waals surface area contributed by atoms with Gasteiger partial charge in [0.2, 0.25) is 0 Å². The van der Waals surface area contributed by atoms with E-state index in [0.29, 0.717) is 0 Å². The number of carbonyl (C=O) groups excluding carboxylic acids is 4. The molecular weight excluding hydrogens is 264 g/mol. The van der Waals surface area contributed by atoms with Crippen molar-refractivity contribution in [3.8, 4) is 0 Å². The zero-order valence-corrected chi connectivity index (χ0v) is 12.4. The van der Waals surface area contributed by atoms with Gasteiger partial charge in [-0.15, -0.1) is 0 Å². The molecule has 0 aliphatic carbocycles. The molecule has 0 rings (SSSR count). The fraction of sp³-hybridized carbons (Fsp3) is 0.714. The van der Waals surface area contributed by atoms with Gasteiger partial charge in [-0.25, -0.2) is 0 Å². The van der Waals surface area contributed by atoms with E-state index in [2.05, 4.69) is 9.47 Å². The van der Waals surface area contributed by atoms with E-state index in [4.69, 9.17) is 0 Å². The van der Waals surface area contributed by atoms with Crippen LogP contribution < -0.4 is 0 Å². The van der Waals surface area contributed by atoms with Crippen LogP contribution in [0.25, 0.3) is 0 Å². The summed E-state index contributed by atoms with van der Waals surface area (Å²) in [5, 5.41) is 0. The molecule has 20 heavy (non-hydrogen) atoms. The maximum Gasteiger partial charge on any atom is 0.308 e. The average Bonchev–Trinajstić information content (AvgIpc) is 2.42. The van der Waals surface area contributed by atoms with Crippen molar-refractivity contribution in [3.05, 3.63) is 0 Å². The lowest BCUT2D eigenvalue weighted by Gasteiger charge is -2.09. The van der Waals surface area contributed by atoms with Crippen LogP contribution in [0.3, 0.4) is 0 Å². The van der Waals surface area contributed by atoms with Crippen LogP contribution >= 0.6 is 0 Å². The highest BCUT2D eigenvalue weighted by Gasteiger charge is 2.20. The Bertz CT molecular complexity index is 338. The Morgan fingerprint density at radius 3 is 1.30 bits per heavy atom. The molecule has 0 aromatic heterocycles. The van der Waals surface area contributed by atoms with Crippen molar-refractivity contribution in [1.29, 1.82) is 0 Å². The highest BCUT2D eigenvalue weighted by Crippen LogP contribution is 2.11. The van der Waals surface area contributed by atoms with Crippen molar-refractivity contribution < 1.29 is 28.7 Å². The summed E-state index contributed by atoms with van der Waals surface area (Å²) >= 11 is 0. The lowest BCUT2D eigenvalue weighted by Crippen LogP contribution is -2.19. The van der Waals surface area contributed by atoms with Crippen molar-refractivity contribution in [2.75, 3.05) is 14.2 Å². The second-order valence-corrected chi connectivity index (χ2v) is 4.83. The van der Waals surface area contributed by atoms with E-state index >= 15 is 0 Å². The van der Waals surface area contributed by atoms with Gasteiger partial charge in [0.05, 0.1) is 26.1 Å². The highest BCUT2D eigenvalue weighted by atomic mass is 16.5. The Labute approximate surface area is 118 Å². The monoisotopic (exact) mass is 286 g/mol. The van der Waals surface area contributed by atoms with Crippen LogP contribution in [0.2, 0.25) is 0 Å². The fourth-order valence-corrected chi connectivity index (χ4v) is 1.74. The van der Waals surface area contributed by atoms with Crippen LogP contribution in [0.1, 0.15) is 39.5 Å². The summed E-state index contributed by atoms with van der Waals surface area (Å²) < 4.78 is 9.04. The Morgan fingerprint density at radius 2 is 1.05 bits per heavy atom. The topological polar surface area (TPSA) is 86.7 Å². The molecule has 0 saturated carbocycles. The Balaban J connectivity index is 4.04. The van der Waals surface area contributed by atoms with Crippen molar-refractivity contribution in [1.82, 2.24) is 0 Å². The highest BCUT2D eigenvalue weighted by molar-refractivity contribution is 5.89. The summed E-state index contributed by atoms with van der Waals surface area (Å²) in [5.41, 5.74) is 0. The molecule has 114 valence electrons. The van der Waals surface area contributed by atoms with Gasteiger partial charge in [-0.2, -0.15) is 0 Å². The van der Waals surface area contributed by atoms with Crippen LogP contribution in [0.5, 0.6) is 0 Å². The molecule has 0 spiro atoms. The third-order valence-corrected chi connectivity index (χ3v) is 2.96. The van der Waals surface area contributed by atoms with Crippen LogP contribution in [0, 0.1) is 11.8 Å². The molecule has 0 N–H and O–H groups in total. The normalized spacial score (nSPS) is 13.2. The predicted molar refractivity (Wildman–Crippen MR) is 70.8 cm³/mol. The molecular formula is C14H22O6. The number of Topliss-reactive ketones (excluding diaryl/α,β-unsaturated/α-hetero) is 2. The Morgan fingerprint density at radius 1 is 0.750 bits per heavy atom. The summed E-state index contributed by atoms with van der Waals surface area (Å²) in [7, 11) is 2.53. The van der Waals surface area contributed by atoms with E-state index in [9.17, 15) is 19.2 Å². The molecule has 0 aromatic rings. The summed E-state index contributed by atoms with van der Waals surface area (Å²) in [5.74, 6) is -2.22. The number of ether oxygens (including phenoxy) is 2. The van der Waals surface area contributed by atoms with E-state index in [-0.39, 0.29) is 37.2 Å². The first-order valence-corrected chi connectivity index (χ1v) is 6.50. The van der Waals surface area contributed by atoms with Gasteiger partial charge in [-0.05, 0) is 0 Å². The van der Waals surface area contributed by atoms with E-state index in [1.165, 1.54) is 14.2 Å². The van der Waals surface area contributed by atoms with Gasteiger partial charge in [0, 0.05) is 25.7 Å². The lowest BCUT2D eigenvalue weighted by molar-refractivity contribution is -0.147. The minimum Gasteiger partial charge on any atom is -0.469 e. The van der Waals surface area contributed by atoms with Gasteiger partial charge >= 0.3 is 11.9 Å². The number of rotatable bonds is 9. The van der Waals surface area contributed by atoms with Crippen molar-refractivity contribution in [2.45, 2.75) is 39.5 Å². The number of ketones is 2. The first-order chi connectivity index (χ1) is 9.31. The van der Waals surface area contributed by atoms with Gasteiger partial charge in [0.1, 0.15) is 11.6 Å². The molecule has 0 amide bonds. The molecule has 0 aliphatic rings. The zero-order chi connectivity index (χ0) is 15.7. The van der Waals surface area contributed by atoms with E-state index in [1.54, 1.807) is 13.8 Å². The van der Waals surface area contributed by atoms with Crippen molar-refractivity contribution >= 4 is 23.5 Å². The van der Waals surface area contributed by atoms with Crippen molar-refractivity contribution in [2.24, 2.45) is 11.8 Å². The quantitative estimate of drug-likeness (QED) is 0.594. The summed E-state index contributed by atoms with van der Waals surface area (Å²) in [4.78, 5) is 45.5. The minimum absolute atomic E-state index is 0.0620. The molecule has 0 heterocycles. The van der Waals surface area contributed by atoms with Crippen LogP contribution in [0.15, 0.2) is 0 Å². The zero-order valence-electron chi connectivity index (χ0n) is 12.4. The molecule has 2 unspecified atom stereocenters. The van der Waals surface area contributed by atoms with Gasteiger partial charge in [0.25, 0.3) is 0 Å². The molecule has 0 aliphatic heterocycles. The third-order valence-electron chi connectivity index (χ3n) is 2.96. The van der Waals surface area contributed by atoms with Gasteiger partial charge in [0.15, 0.2) is 0 Å². The Kier molecular flexibility index (Phi) is 8.43. The molecule has 0 saturated heterocycles. The van der Waals surface area contributed by atoms with Gasteiger partial charge in [-0.3, -0.25) is 19.2 Å². The van der Waals surface area contributed by atoms with Crippen molar-refractivity contribution in [3.63, 3.8) is 0 Å². The predicted octanol–water partition coefficient (Wildman–Crippen LogP) is 1.30. The summed E-state index contributed by atoms with van der Waals surface area (Å²) in [6.45, 7) is 3.20. The number of hydrogen-bond acceptors (Lipinski definition) is 6. The van der Waals surface area contributed by atoms with Crippen LogP contribution in [0.4, 0.5) is 0 Å². The maximum atomic E-state index is 11.6. The summed E-state index contributed by atoms with van der Waals surface area (Å²) in [6.07, 6.45) is 0.279. The van der Waals surface area contributed by atoms with Crippen LogP contribution in [-0.4, -0.2) is 37.7 Å². The first kappa shape index (κ1) is 18.3. The Hall–Kier alpha value is -1.72. The second-order valence-electron chi connectivity index (χ2n) is 4.83. The standard InChI is InChI=1S/C14H22O6/c1-9(13(17)19-3)7-11(15)5-6-12(16)8-10(2)14(18)20-4/h9-10H,5-8H2,1-4H3. The van der Waals surface area contributed by atoms with E-state index < -0.39 is 23.8 Å². The van der Waals surface area contributed by atoms with Crippen LogP contribution in [-0.2, 0) is 28.7 Å². The van der Waals surface area contributed by atoms with E-state index in [1.807, 2.05) is 0 Å². The lowest BCUT2D eigenvalue weighted by atomic mass is 9.98. The smallest absolute Gasteiger partial charge is 0.308 e. The van der Waals surface area contributed by atoms with Gasteiger partial charge < -0.3 is 9.47 Å². The molecule has 0 radical (unpaired) electrons. The average molecular weight is 286 g/mol. The first-order valence-electron chi connectivity index (χ1n) is 6.50. The minimum atomic E-state index is -0.503. The molecule has 6 heteroatoms. The largest absolute Gasteiger partial charge is 0.469 e. The maximum absolute atomic E-state index is 11.6. The fourth-order valence-electron chi connectivity index (χ4n) is 1.74. The van der Waals surface area contributed by atoms with Gasteiger partial charge in [-0.1, -0.05) is 13.8 Å². The van der Waals surface area contributed by atoms with E-state index in [0.717, 1.165) is 0 Å². The number of hydrogen-bond donors (Lipinski definition) is 0. The third kappa shape index (κ3) is 7.01. The SMILES string of the molecule is COC(=O)C(C)CC(=O)CCC(=O)CC(C)C(=O)OC. The second kappa shape index (κ2) is 9.23. The molecule has 0 aromatic carbocycles. The number of methoxy groups -OCH3 is 2.